The van der Waals surface area contributed by atoms with Gasteiger partial charge < -0.3 is 10.3 Å². The summed E-state index contributed by atoms with van der Waals surface area (Å²) in [5.74, 6) is 0.258. The maximum atomic E-state index is 13.1. The van der Waals surface area contributed by atoms with Gasteiger partial charge in [-0.15, -0.1) is 0 Å². The molecule has 0 spiro atoms. The molecule has 5 nitrogen and oxygen atoms in total. The fourth-order valence-corrected chi connectivity index (χ4v) is 2.83. The second-order valence-corrected chi connectivity index (χ2v) is 6.56. The molecule has 1 atom stereocenters. The highest BCUT2D eigenvalue weighted by atomic mass is 19.1. The number of nitrogens with one attached hydrogen (secondary N) is 2. The average molecular weight is 345 g/mol. The number of carbonyl (C=O) groups excluding carboxylic acids is 1. The molecular formula is C19H24FN3O2. The summed E-state index contributed by atoms with van der Waals surface area (Å²) in [7, 11) is 0. The van der Waals surface area contributed by atoms with E-state index in [2.05, 4.69) is 15.3 Å². The van der Waals surface area contributed by atoms with Crippen LogP contribution in [0.3, 0.4) is 0 Å². The average Bonchev–Trinajstić information content (AvgIpc) is 2.52. The molecule has 0 saturated heterocycles. The van der Waals surface area contributed by atoms with Crippen LogP contribution in [-0.2, 0) is 11.2 Å². The van der Waals surface area contributed by atoms with E-state index in [0.717, 1.165) is 5.56 Å². The lowest BCUT2D eigenvalue weighted by Crippen LogP contribution is -2.32. The van der Waals surface area contributed by atoms with Crippen molar-refractivity contribution in [2.45, 2.75) is 46.6 Å². The highest BCUT2D eigenvalue weighted by Gasteiger charge is 2.19. The molecule has 1 aromatic heterocycles. The zero-order chi connectivity index (χ0) is 18.6. The van der Waals surface area contributed by atoms with Crippen LogP contribution in [0.2, 0.25) is 0 Å². The molecule has 0 aliphatic heterocycles. The van der Waals surface area contributed by atoms with Crippen LogP contribution in [0, 0.1) is 25.6 Å². The molecule has 0 fully saturated rings. The van der Waals surface area contributed by atoms with Crippen LogP contribution < -0.4 is 10.9 Å². The van der Waals surface area contributed by atoms with E-state index in [0.29, 0.717) is 23.5 Å². The topological polar surface area (TPSA) is 74.8 Å². The molecular weight excluding hydrogens is 321 g/mol. The third-order valence-corrected chi connectivity index (χ3v) is 4.16. The summed E-state index contributed by atoms with van der Waals surface area (Å²) >= 11 is 0. The van der Waals surface area contributed by atoms with Gasteiger partial charge in [-0.2, -0.15) is 0 Å². The highest BCUT2D eigenvalue weighted by molar-refractivity contribution is 5.76. The minimum atomic E-state index is -0.306. The first-order valence-corrected chi connectivity index (χ1v) is 8.39. The van der Waals surface area contributed by atoms with E-state index in [1.165, 1.54) is 12.1 Å². The van der Waals surface area contributed by atoms with Gasteiger partial charge >= 0.3 is 0 Å². The Kier molecular flexibility index (Phi) is 6.07. The number of benzene rings is 1. The number of aromatic nitrogens is 2. The minimum absolute atomic E-state index is 0.151. The van der Waals surface area contributed by atoms with Crippen molar-refractivity contribution < 1.29 is 9.18 Å². The minimum Gasteiger partial charge on any atom is -0.349 e. The quantitative estimate of drug-likeness (QED) is 0.845. The Morgan fingerprint density at radius 2 is 1.88 bits per heavy atom. The van der Waals surface area contributed by atoms with Crippen LogP contribution in [0.4, 0.5) is 4.39 Å². The Balaban J connectivity index is 2.05. The molecule has 1 heterocycles. The molecule has 2 N–H and O–H groups in total. The van der Waals surface area contributed by atoms with E-state index in [9.17, 15) is 14.0 Å². The summed E-state index contributed by atoms with van der Waals surface area (Å²) in [5.41, 5.74) is 1.84. The maximum absolute atomic E-state index is 13.1. The molecule has 0 unspecified atom stereocenters. The van der Waals surface area contributed by atoms with Gasteiger partial charge in [0.2, 0.25) is 5.91 Å². The third kappa shape index (κ3) is 4.98. The van der Waals surface area contributed by atoms with Crippen LogP contribution in [0.15, 0.2) is 29.1 Å². The Hall–Kier alpha value is -2.50. The highest BCUT2D eigenvalue weighted by Crippen LogP contribution is 2.22. The fraction of sp³-hybridized carbons (Fsp3) is 0.421. The molecule has 0 radical (unpaired) electrons. The number of nitrogens with zero attached hydrogens (tertiary/aromatic N) is 1. The van der Waals surface area contributed by atoms with Crippen LogP contribution in [0.5, 0.6) is 0 Å². The molecule has 0 aliphatic carbocycles. The fourth-order valence-electron chi connectivity index (χ4n) is 2.83. The largest absolute Gasteiger partial charge is 0.349 e. The first-order valence-electron chi connectivity index (χ1n) is 8.39. The van der Waals surface area contributed by atoms with Gasteiger partial charge in [-0.3, -0.25) is 9.59 Å². The summed E-state index contributed by atoms with van der Waals surface area (Å²) in [6, 6.07) is 5.93. The van der Waals surface area contributed by atoms with Crippen molar-refractivity contribution >= 4 is 5.91 Å². The van der Waals surface area contributed by atoms with Crippen LogP contribution in [-0.4, -0.2) is 15.9 Å². The summed E-state index contributed by atoms with van der Waals surface area (Å²) in [5, 5.41) is 2.98. The molecule has 0 saturated carbocycles. The third-order valence-electron chi connectivity index (χ3n) is 4.16. The lowest BCUT2D eigenvalue weighted by molar-refractivity contribution is -0.122. The summed E-state index contributed by atoms with van der Waals surface area (Å²) in [6.45, 7) is 7.48. The normalized spacial score (nSPS) is 12.2. The first-order chi connectivity index (χ1) is 11.8. The van der Waals surface area contributed by atoms with Crippen molar-refractivity contribution in [2.75, 3.05) is 0 Å². The summed E-state index contributed by atoms with van der Waals surface area (Å²) in [4.78, 5) is 31.2. The number of aryl methyl sites for hydroxylation is 2. The van der Waals surface area contributed by atoms with Crippen LogP contribution >= 0.6 is 0 Å². The zero-order valence-corrected chi connectivity index (χ0v) is 15.0. The van der Waals surface area contributed by atoms with Crippen molar-refractivity contribution in [1.29, 1.82) is 0 Å². The molecule has 0 aliphatic rings. The second kappa shape index (κ2) is 8.05. The lowest BCUT2D eigenvalue weighted by Gasteiger charge is -2.23. The van der Waals surface area contributed by atoms with Crippen molar-refractivity contribution in [2.24, 2.45) is 5.92 Å². The monoisotopic (exact) mass is 345 g/mol. The first kappa shape index (κ1) is 18.8. The molecule has 2 rings (SSSR count). The van der Waals surface area contributed by atoms with Crippen LogP contribution in [0.25, 0.3) is 0 Å². The molecule has 2 aromatic rings. The van der Waals surface area contributed by atoms with Crippen LogP contribution in [0.1, 0.15) is 49.0 Å². The van der Waals surface area contributed by atoms with Crippen molar-refractivity contribution in [1.82, 2.24) is 15.3 Å². The van der Waals surface area contributed by atoms with Gasteiger partial charge in [0.25, 0.3) is 5.56 Å². The number of rotatable bonds is 6. The van der Waals surface area contributed by atoms with Gasteiger partial charge in [-0.05, 0) is 43.9 Å². The SMILES string of the molecule is Cc1nc(C)c(CCC(=O)N[C@@H](c2ccc(F)cc2)C(C)C)c(=O)[nH]1. The molecule has 134 valence electrons. The van der Waals surface area contributed by atoms with E-state index in [-0.39, 0.29) is 35.7 Å². The second-order valence-electron chi connectivity index (χ2n) is 6.56. The zero-order valence-electron chi connectivity index (χ0n) is 15.0. The van der Waals surface area contributed by atoms with Gasteiger partial charge in [0.15, 0.2) is 0 Å². The van der Waals surface area contributed by atoms with Crippen molar-refractivity contribution in [3.63, 3.8) is 0 Å². The van der Waals surface area contributed by atoms with Gasteiger partial charge in [0.1, 0.15) is 11.6 Å². The van der Waals surface area contributed by atoms with Crippen molar-refractivity contribution in [3.8, 4) is 0 Å². The number of carbonyl (C=O) groups is 1. The van der Waals surface area contributed by atoms with Crippen molar-refractivity contribution in [3.05, 3.63) is 63.1 Å². The standard InChI is InChI=1S/C19H24FN3O2/c1-11(2)18(14-5-7-15(20)8-6-14)23-17(24)10-9-16-12(3)21-13(4)22-19(16)25/h5-8,11,18H,9-10H2,1-4H3,(H,23,24)(H,21,22,25)/t18-/m1/s1. The Labute approximate surface area is 146 Å². The molecule has 1 amide bonds. The smallest absolute Gasteiger partial charge is 0.254 e. The van der Waals surface area contributed by atoms with E-state index < -0.39 is 0 Å². The Morgan fingerprint density at radius 3 is 2.44 bits per heavy atom. The Bertz CT molecular complexity index is 797. The molecule has 25 heavy (non-hydrogen) atoms. The predicted molar refractivity (Wildman–Crippen MR) is 94.8 cm³/mol. The van der Waals surface area contributed by atoms with E-state index >= 15 is 0 Å². The number of H-pyrrole nitrogens is 1. The lowest BCUT2D eigenvalue weighted by atomic mass is 9.95. The number of hydrogen-bond donors (Lipinski definition) is 2. The maximum Gasteiger partial charge on any atom is 0.254 e. The molecule has 0 bridgehead atoms. The number of halogens is 1. The van der Waals surface area contributed by atoms with E-state index in [4.69, 9.17) is 0 Å². The summed E-state index contributed by atoms with van der Waals surface area (Å²) < 4.78 is 13.1. The predicted octanol–water partition coefficient (Wildman–Crippen LogP) is 2.97. The van der Waals surface area contributed by atoms with E-state index in [1.807, 2.05) is 13.8 Å². The van der Waals surface area contributed by atoms with Gasteiger partial charge in [0.05, 0.1) is 6.04 Å². The molecule has 6 heteroatoms. The number of hydrogen-bond acceptors (Lipinski definition) is 3. The Morgan fingerprint density at radius 1 is 1.24 bits per heavy atom. The van der Waals surface area contributed by atoms with Gasteiger partial charge in [-0.1, -0.05) is 26.0 Å². The molecule has 1 aromatic carbocycles. The number of aromatic amines is 1. The van der Waals surface area contributed by atoms with Gasteiger partial charge in [-0.25, -0.2) is 9.37 Å². The number of amides is 1. The van der Waals surface area contributed by atoms with Gasteiger partial charge in [0, 0.05) is 17.7 Å². The van der Waals surface area contributed by atoms with E-state index in [1.54, 1.807) is 26.0 Å². The summed E-state index contributed by atoms with van der Waals surface area (Å²) in [6.07, 6.45) is 0.521.